The van der Waals surface area contributed by atoms with Gasteiger partial charge in [-0.25, -0.2) is 0 Å². The molecule has 6 heteroatoms. The molecule has 5 nitrogen and oxygen atoms in total. The predicted molar refractivity (Wildman–Crippen MR) is 92.9 cm³/mol. The van der Waals surface area contributed by atoms with E-state index in [0.717, 1.165) is 11.1 Å². The minimum Gasteiger partial charge on any atom is -0.325 e. The molecule has 2 amide bonds. The Hall–Kier alpha value is -2.37. The van der Waals surface area contributed by atoms with Crippen molar-refractivity contribution in [1.29, 1.82) is 0 Å². The maximum absolute atomic E-state index is 12.9. The second-order valence-electron chi connectivity index (χ2n) is 6.15. The first kappa shape index (κ1) is 15.2. The van der Waals surface area contributed by atoms with Gasteiger partial charge in [-0.05, 0) is 41.8 Å². The summed E-state index contributed by atoms with van der Waals surface area (Å²) in [6.45, 7) is 0.503. The average molecular weight is 342 g/mol. The van der Waals surface area contributed by atoms with E-state index in [2.05, 4.69) is 5.32 Å². The highest BCUT2D eigenvalue weighted by Crippen LogP contribution is 2.32. The zero-order chi connectivity index (χ0) is 16.8. The Morgan fingerprint density at radius 3 is 2.54 bits per heavy atom. The van der Waals surface area contributed by atoms with E-state index in [0.29, 0.717) is 29.2 Å². The molecule has 3 N–H and O–H groups in total. The molecule has 2 aromatic carbocycles. The lowest BCUT2D eigenvalue weighted by atomic mass is 10.0. The van der Waals surface area contributed by atoms with Gasteiger partial charge < -0.3 is 16.0 Å². The second kappa shape index (κ2) is 5.61. The van der Waals surface area contributed by atoms with E-state index in [4.69, 9.17) is 17.3 Å². The van der Waals surface area contributed by atoms with Gasteiger partial charge in [0, 0.05) is 17.6 Å². The topological polar surface area (TPSA) is 75.4 Å². The number of hydrogen-bond acceptors (Lipinski definition) is 3. The fourth-order valence-electron chi connectivity index (χ4n) is 3.39. The smallest absolute Gasteiger partial charge is 0.256 e. The number of anilines is 1. The van der Waals surface area contributed by atoms with Crippen LogP contribution in [-0.2, 0) is 4.79 Å². The molecule has 24 heavy (non-hydrogen) atoms. The van der Waals surface area contributed by atoms with Gasteiger partial charge in [-0.2, -0.15) is 0 Å². The largest absolute Gasteiger partial charge is 0.325 e. The molecule has 122 valence electrons. The van der Waals surface area contributed by atoms with Crippen LogP contribution in [-0.4, -0.2) is 35.3 Å². The molecular weight excluding hydrogens is 326 g/mol. The van der Waals surface area contributed by atoms with Crippen LogP contribution in [0, 0.1) is 0 Å². The minimum atomic E-state index is -0.594. The maximum Gasteiger partial charge on any atom is 0.256 e. The summed E-state index contributed by atoms with van der Waals surface area (Å²) in [4.78, 5) is 26.9. The summed E-state index contributed by atoms with van der Waals surface area (Å²) >= 11 is 5.93. The van der Waals surface area contributed by atoms with E-state index in [1.165, 1.54) is 0 Å². The van der Waals surface area contributed by atoms with Gasteiger partial charge in [-0.1, -0.05) is 29.8 Å². The number of amides is 2. The Kier molecular flexibility index (Phi) is 3.55. The standard InChI is InChI=1S/C18H16ClN3O2/c19-12-4-1-10(2-5-12)11-3-6-15-13(9-11)18(24)22-8-7-14(20)16(22)17(23)21-15/h1-6,9,14,16H,7-8,20H2,(H,21,23). The van der Waals surface area contributed by atoms with Crippen LogP contribution in [0.5, 0.6) is 0 Å². The van der Waals surface area contributed by atoms with Gasteiger partial charge >= 0.3 is 0 Å². The highest BCUT2D eigenvalue weighted by atomic mass is 35.5. The third kappa shape index (κ3) is 2.37. The molecular formula is C18H16ClN3O2. The molecule has 2 unspecified atom stereocenters. The number of carbonyl (C=O) groups is 2. The number of rotatable bonds is 1. The number of nitrogens with zero attached hydrogens (tertiary/aromatic N) is 1. The first-order chi connectivity index (χ1) is 11.5. The van der Waals surface area contributed by atoms with Gasteiger partial charge in [0.2, 0.25) is 5.91 Å². The number of fused-ring (bicyclic) bond motifs is 2. The van der Waals surface area contributed by atoms with E-state index >= 15 is 0 Å². The number of hydrogen-bond donors (Lipinski definition) is 2. The number of halogens is 1. The van der Waals surface area contributed by atoms with Crippen molar-refractivity contribution in [2.24, 2.45) is 5.73 Å². The molecule has 1 saturated heterocycles. The zero-order valence-corrected chi connectivity index (χ0v) is 13.6. The van der Waals surface area contributed by atoms with E-state index < -0.39 is 6.04 Å². The van der Waals surface area contributed by atoms with Crippen LogP contribution in [0.3, 0.4) is 0 Å². The summed E-state index contributed by atoms with van der Waals surface area (Å²) in [5.74, 6) is -0.372. The van der Waals surface area contributed by atoms with Crippen molar-refractivity contribution >= 4 is 29.1 Å². The molecule has 2 aliphatic rings. The summed E-state index contributed by atoms with van der Waals surface area (Å²) in [5.41, 5.74) is 8.90. The van der Waals surface area contributed by atoms with Crippen LogP contribution < -0.4 is 11.1 Å². The van der Waals surface area contributed by atoms with E-state index in [9.17, 15) is 9.59 Å². The molecule has 0 aliphatic carbocycles. The van der Waals surface area contributed by atoms with Crippen molar-refractivity contribution in [1.82, 2.24) is 4.90 Å². The Bertz CT molecular complexity index is 835. The number of benzene rings is 2. The zero-order valence-electron chi connectivity index (χ0n) is 12.8. The number of nitrogens with two attached hydrogens (primary N) is 1. The molecule has 2 heterocycles. The van der Waals surface area contributed by atoms with Crippen LogP contribution in [0.25, 0.3) is 11.1 Å². The van der Waals surface area contributed by atoms with Crippen LogP contribution in [0.4, 0.5) is 5.69 Å². The molecule has 0 radical (unpaired) electrons. The lowest BCUT2D eigenvalue weighted by Gasteiger charge is -2.22. The molecule has 1 fully saturated rings. The predicted octanol–water partition coefficient (Wildman–Crippen LogP) is 2.50. The van der Waals surface area contributed by atoms with Gasteiger partial charge in [0.15, 0.2) is 0 Å². The van der Waals surface area contributed by atoms with Gasteiger partial charge in [0.1, 0.15) is 6.04 Å². The lowest BCUT2D eigenvalue weighted by Crippen LogP contribution is -2.48. The summed E-state index contributed by atoms with van der Waals surface area (Å²) in [6.07, 6.45) is 0.635. The first-order valence-corrected chi connectivity index (χ1v) is 8.20. The molecule has 2 aromatic rings. The lowest BCUT2D eigenvalue weighted by molar-refractivity contribution is -0.119. The normalized spacial score (nSPS) is 22.7. The summed E-state index contributed by atoms with van der Waals surface area (Å²) < 4.78 is 0. The van der Waals surface area contributed by atoms with Crippen LogP contribution >= 0.6 is 11.6 Å². The van der Waals surface area contributed by atoms with Gasteiger partial charge in [0.05, 0.1) is 11.3 Å². The van der Waals surface area contributed by atoms with Crippen LogP contribution in [0.2, 0.25) is 5.02 Å². The van der Waals surface area contributed by atoms with E-state index in [1.54, 1.807) is 11.0 Å². The SMILES string of the molecule is NC1CCN2C(=O)c3cc(-c4ccc(Cl)cc4)ccc3NC(=O)C12. The Balaban J connectivity index is 1.78. The van der Waals surface area contributed by atoms with Gasteiger partial charge in [0.25, 0.3) is 5.91 Å². The monoisotopic (exact) mass is 341 g/mol. The summed E-state index contributed by atoms with van der Waals surface area (Å²) in [6, 6.07) is 12.0. The molecule has 0 spiro atoms. The molecule has 0 saturated carbocycles. The number of nitrogens with one attached hydrogen (secondary N) is 1. The van der Waals surface area contributed by atoms with Crippen molar-refractivity contribution < 1.29 is 9.59 Å². The highest BCUT2D eigenvalue weighted by molar-refractivity contribution is 6.30. The average Bonchev–Trinajstić information content (AvgIpc) is 2.92. The first-order valence-electron chi connectivity index (χ1n) is 7.82. The van der Waals surface area contributed by atoms with Crippen LogP contribution in [0.1, 0.15) is 16.8 Å². The van der Waals surface area contributed by atoms with Crippen molar-refractivity contribution in [2.75, 3.05) is 11.9 Å². The number of carbonyl (C=O) groups excluding carboxylic acids is 2. The fourth-order valence-corrected chi connectivity index (χ4v) is 3.52. The summed E-state index contributed by atoms with van der Waals surface area (Å²) in [5, 5.41) is 3.50. The van der Waals surface area contributed by atoms with Crippen molar-refractivity contribution in [3.05, 3.63) is 53.1 Å². The molecule has 0 aromatic heterocycles. The summed E-state index contributed by atoms with van der Waals surface area (Å²) in [7, 11) is 0. The second-order valence-corrected chi connectivity index (χ2v) is 6.59. The van der Waals surface area contributed by atoms with Crippen molar-refractivity contribution in [3.8, 4) is 11.1 Å². The quantitative estimate of drug-likeness (QED) is 0.836. The Morgan fingerprint density at radius 1 is 1.08 bits per heavy atom. The fraction of sp³-hybridized carbons (Fsp3) is 0.222. The van der Waals surface area contributed by atoms with Crippen molar-refractivity contribution in [2.45, 2.75) is 18.5 Å². The Morgan fingerprint density at radius 2 is 1.79 bits per heavy atom. The molecule has 0 bridgehead atoms. The maximum atomic E-state index is 12.9. The van der Waals surface area contributed by atoms with Crippen molar-refractivity contribution in [3.63, 3.8) is 0 Å². The highest BCUT2D eigenvalue weighted by Gasteiger charge is 2.43. The minimum absolute atomic E-state index is 0.155. The van der Waals surface area contributed by atoms with Crippen LogP contribution in [0.15, 0.2) is 42.5 Å². The third-order valence-electron chi connectivity index (χ3n) is 4.66. The van der Waals surface area contributed by atoms with E-state index in [1.807, 2.05) is 36.4 Å². The van der Waals surface area contributed by atoms with E-state index in [-0.39, 0.29) is 17.9 Å². The molecule has 2 aliphatic heterocycles. The third-order valence-corrected chi connectivity index (χ3v) is 4.91. The molecule has 4 rings (SSSR count). The van der Waals surface area contributed by atoms with Gasteiger partial charge in [-0.15, -0.1) is 0 Å². The van der Waals surface area contributed by atoms with Gasteiger partial charge in [-0.3, -0.25) is 9.59 Å². The molecule has 2 atom stereocenters. The Labute approximate surface area is 144 Å².